The highest BCUT2D eigenvalue weighted by atomic mass is 35.5. The third-order valence-electron chi connectivity index (χ3n) is 4.02. The number of carbonyl (C=O) groups is 2. The van der Waals surface area contributed by atoms with Crippen LogP contribution < -0.4 is 4.74 Å². The van der Waals surface area contributed by atoms with Gasteiger partial charge in [-0.1, -0.05) is 11.6 Å². The van der Waals surface area contributed by atoms with Gasteiger partial charge in [0, 0.05) is 31.0 Å². The van der Waals surface area contributed by atoms with Crippen LogP contribution in [0.4, 0.5) is 4.79 Å². The minimum atomic E-state index is -0.514. The van der Waals surface area contributed by atoms with Gasteiger partial charge in [0.25, 0.3) is 0 Å². The fraction of sp³-hybridized carbons (Fsp3) is 0.579. The van der Waals surface area contributed by atoms with Crippen LogP contribution in [-0.2, 0) is 9.47 Å². The van der Waals surface area contributed by atoms with Gasteiger partial charge in [-0.05, 0) is 45.4 Å². The Labute approximate surface area is 159 Å². The molecule has 1 aliphatic heterocycles. The van der Waals surface area contributed by atoms with E-state index in [1.807, 2.05) is 27.7 Å². The van der Waals surface area contributed by atoms with E-state index in [0.717, 1.165) is 5.56 Å². The molecule has 1 aromatic carbocycles. The summed E-state index contributed by atoms with van der Waals surface area (Å²) in [6.45, 7) is 8.46. The number of hydrogen-bond donors (Lipinski definition) is 0. The zero-order valence-electron chi connectivity index (χ0n) is 15.9. The van der Waals surface area contributed by atoms with Crippen molar-refractivity contribution < 1.29 is 23.8 Å². The highest BCUT2D eigenvalue weighted by Gasteiger charge is 2.29. The van der Waals surface area contributed by atoms with Crippen molar-refractivity contribution in [1.29, 1.82) is 0 Å². The maximum absolute atomic E-state index is 12.1. The van der Waals surface area contributed by atoms with Crippen LogP contribution in [0.25, 0.3) is 0 Å². The Hall–Kier alpha value is -1.95. The number of esters is 1. The number of aryl methyl sites for hydroxylation is 1. The summed E-state index contributed by atoms with van der Waals surface area (Å²) in [5.41, 5.74) is 0.569. The van der Waals surface area contributed by atoms with Gasteiger partial charge in [0.2, 0.25) is 0 Å². The van der Waals surface area contributed by atoms with Crippen LogP contribution in [0.15, 0.2) is 12.1 Å². The molecule has 6 nitrogen and oxygen atoms in total. The number of amides is 1. The van der Waals surface area contributed by atoms with Crippen LogP contribution in [0.5, 0.6) is 5.75 Å². The van der Waals surface area contributed by atoms with E-state index < -0.39 is 11.6 Å². The SMILES string of the molecule is COC(=O)c1cc(Cl)cc(C)c1OC1CCN(C(=O)OC(C)(C)C)CC1. The molecule has 0 spiro atoms. The number of nitrogens with zero attached hydrogens (tertiary/aromatic N) is 1. The summed E-state index contributed by atoms with van der Waals surface area (Å²) in [6, 6.07) is 3.30. The van der Waals surface area contributed by atoms with Gasteiger partial charge in [0.1, 0.15) is 23.0 Å². The molecule has 1 amide bonds. The molecule has 0 aliphatic carbocycles. The van der Waals surface area contributed by atoms with Crippen molar-refractivity contribution in [3.63, 3.8) is 0 Å². The first-order valence-electron chi connectivity index (χ1n) is 8.63. The highest BCUT2D eigenvalue weighted by molar-refractivity contribution is 6.31. The first-order chi connectivity index (χ1) is 12.1. The van der Waals surface area contributed by atoms with Gasteiger partial charge in [-0.3, -0.25) is 0 Å². The molecule has 0 radical (unpaired) electrons. The van der Waals surface area contributed by atoms with E-state index in [1.165, 1.54) is 7.11 Å². The lowest BCUT2D eigenvalue weighted by Gasteiger charge is -2.34. The predicted octanol–water partition coefficient (Wildman–Crippen LogP) is 4.21. The molecule has 1 saturated heterocycles. The number of piperidine rings is 1. The zero-order valence-corrected chi connectivity index (χ0v) is 16.7. The molecule has 0 unspecified atom stereocenters. The van der Waals surface area contributed by atoms with Gasteiger partial charge in [0.05, 0.1) is 7.11 Å². The third-order valence-corrected chi connectivity index (χ3v) is 4.24. The smallest absolute Gasteiger partial charge is 0.410 e. The predicted molar refractivity (Wildman–Crippen MR) is 99.0 cm³/mol. The van der Waals surface area contributed by atoms with Gasteiger partial charge in [0.15, 0.2) is 0 Å². The lowest BCUT2D eigenvalue weighted by Crippen LogP contribution is -2.44. The maximum atomic E-state index is 12.1. The lowest BCUT2D eigenvalue weighted by atomic mass is 10.1. The molecule has 26 heavy (non-hydrogen) atoms. The summed E-state index contributed by atoms with van der Waals surface area (Å²) in [7, 11) is 1.32. The fourth-order valence-corrected chi connectivity index (χ4v) is 3.07. The van der Waals surface area contributed by atoms with Gasteiger partial charge in [-0.2, -0.15) is 0 Å². The molecule has 0 N–H and O–H groups in total. The van der Waals surface area contributed by atoms with Crippen LogP contribution >= 0.6 is 11.6 Å². The topological polar surface area (TPSA) is 65.1 Å². The Morgan fingerprint density at radius 1 is 1.19 bits per heavy atom. The summed E-state index contributed by atoms with van der Waals surface area (Å²) in [5, 5.41) is 0.454. The fourth-order valence-electron chi connectivity index (χ4n) is 2.80. The number of hydrogen-bond acceptors (Lipinski definition) is 5. The summed E-state index contributed by atoms with van der Waals surface area (Å²) in [4.78, 5) is 25.8. The summed E-state index contributed by atoms with van der Waals surface area (Å²) < 4.78 is 16.3. The third kappa shape index (κ3) is 5.27. The van der Waals surface area contributed by atoms with E-state index in [1.54, 1.807) is 17.0 Å². The molecule has 1 fully saturated rings. The number of ether oxygens (including phenoxy) is 3. The molecular formula is C19H26ClNO5. The number of benzene rings is 1. The minimum Gasteiger partial charge on any atom is -0.489 e. The summed E-state index contributed by atoms with van der Waals surface area (Å²) in [6.07, 6.45) is 0.898. The monoisotopic (exact) mass is 383 g/mol. The van der Waals surface area contributed by atoms with E-state index in [-0.39, 0.29) is 12.2 Å². The van der Waals surface area contributed by atoms with Crippen LogP contribution in [0.2, 0.25) is 5.02 Å². The van der Waals surface area contributed by atoms with E-state index in [9.17, 15) is 9.59 Å². The molecule has 0 saturated carbocycles. The molecular weight excluding hydrogens is 358 g/mol. The average Bonchev–Trinajstić information content (AvgIpc) is 2.55. The standard InChI is InChI=1S/C19H26ClNO5/c1-12-10-13(20)11-15(17(22)24-5)16(12)25-14-6-8-21(9-7-14)18(23)26-19(2,3)4/h10-11,14H,6-9H2,1-5H3. The molecule has 0 atom stereocenters. The second-order valence-electron chi connectivity index (χ2n) is 7.38. The van der Waals surface area contributed by atoms with Crippen molar-refractivity contribution in [2.24, 2.45) is 0 Å². The van der Waals surface area contributed by atoms with Gasteiger partial charge in [-0.25, -0.2) is 9.59 Å². The number of carbonyl (C=O) groups excluding carboxylic acids is 2. The second-order valence-corrected chi connectivity index (χ2v) is 7.81. The molecule has 1 aromatic rings. The van der Waals surface area contributed by atoms with Crippen molar-refractivity contribution in [1.82, 2.24) is 4.90 Å². The van der Waals surface area contributed by atoms with Crippen molar-refractivity contribution in [3.05, 3.63) is 28.3 Å². The Morgan fingerprint density at radius 2 is 1.81 bits per heavy atom. The zero-order chi connectivity index (χ0) is 19.5. The molecule has 0 bridgehead atoms. The largest absolute Gasteiger partial charge is 0.489 e. The van der Waals surface area contributed by atoms with Gasteiger partial charge >= 0.3 is 12.1 Å². The first kappa shape index (κ1) is 20.4. The Kier molecular flexibility index (Phi) is 6.39. The van der Waals surface area contributed by atoms with E-state index >= 15 is 0 Å². The quantitative estimate of drug-likeness (QED) is 0.731. The lowest BCUT2D eigenvalue weighted by molar-refractivity contribution is 0.0125. The van der Waals surface area contributed by atoms with Crippen LogP contribution in [0.1, 0.15) is 49.5 Å². The molecule has 2 rings (SSSR count). The number of rotatable bonds is 3. The number of halogens is 1. The molecule has 0 aromatic heterocycles. The molecule has 1 heterocycles. The van der Waals surface area contributed by atoms with E-state index in [4.69, 9.17) is 25.8 Å². The highest BCUT2D eigenvalue weighted by Crippen LogP contribution is 2.31. The van der Waals surface area contributed by atoms with Crippen LogP contribution in [0, 0.1) is 6.92 Å². The van der Waals surface area contributed by atoms with Gasteiger partial charge in [-0.15, -0.1) is 0 Å². The van der Waals surface area contributed by atoms with E-state index in [2.05, 4.69) is 0 Å². The normalized spacial score (nSPS) is 15.5. The average molecular weight is 384 g/mol. The van der Waals surface area contributed by atoms with Gasteiger partial charge < -0.3 is 19.1 Å². The number of likely N-dealkylation sites (tertiary alicyclic amines) is 1. The maximum Gasteiger partial charge on any atom is 0.410 e. The van der Waals surface area contributed by atoms with Crippen molar-refractivity contribution in [2.45, 2.75) is 52.2 Å². The van der Waals surface area contributed by atoms with Crippen molar-refractivity contribution >= 4 is 23.7 Å². The molecule has 1 aliphatic rings. The first-order valence-corrected chi connectivity index (χ1v) is 9.01. The van der Waals surface area contributed by atoms with E-state index in [0.29, 0.717) is 42.3 Å². The Bertz CT molecular complexity index is 675. The second kappa shape index (κ2) is 8.16. The number of methoxy groups -OCH3 is 1. The molecule has 7 heteroatoms. The Balaban J connectivity index is 2.04. The molecule has 144 valence electrons. The Morgan fingerprint density at radius 3 is 2.35 bits per heavy atom. The summed E-state index contributed by atoms with van der Waals surface area (Å²) >= 11 is 6.05. The van der Waals surface area contributed by atoms with Crippen molar-refractivity contribution in [2.75, 3.05) is 20.2 Å². The van der Waals surface area contributed by atoms with Crippen LogP contribution in [-0.4, -0.2) is 48.9 Å². The van der Waals surface area contributed by atoms with Crippen molar-refractivity contribution in [3.8, 4) is 5.75 Å². The summed E-state index contributed by atoms with van der Waals surface area (Å²) in [5.74, 6) is -0.00578. The minimum absolute atomic E-state index is 0.100. The van der Waals surface area contributed by atoms with Crippen LogP contribution in [0.3, 0.4) is 0 Å².